The number of halogens is 1. The van der Waals surface area contributed by atoms with Crippen LogP contribution in [0.15, 0.2) is 24.3 Å². The van der Waals surface area contributed by atoms with Gasteiger partial charge in [0.2, 0.25) is 15.9 Å². The summed E-state index contributed by atoms with van der Waals surface area (Å²) >= 11 is 5.87. The maximum absolute atomic E-state index is 12.0. The minimum atomic E-state index is -3.57. The van der Waals surface area contributed by atoms with E-state index in [4.69, 9.17) is 11.6 Å². The molecule has 124 valence electrons. The predicted octanol–water partition coefficient (Wildman–Crippen LogP) is 1.96. The molecule has 0 aliphatic heterocycles. The summed E-state index contributed by atoms with van der Waals surface area (Å²) in [6, 6.07) is 7.20. The van der Waals surface area contributed by atoms with E-state index in [1.165, 1.54) is 7.05 Å². The standard InChI is InChI=1S/C15H23ClN2O3S/c1-15(2,3)13(9-11-5-7-12(16)8-6-11)18-14(19)10-22(20,21)17-4/h5-8,13,17H,9-10H2,1-4H3,(H,18,19)/t13-/m0/s1. The van der Waals surface area contributed by atoms with Gasteiger partial charge in [-0.2, -0.15) is 0 Å². The van der Waals surface area contributed by atoms with Crippen LogP contribution in [0.3, 0.4) is 0 Å². The molecule has 0 aliphatic rings. The van der Waals surface area contributed by atoms with E-state index in [0.717, 1.165) is 5.56 Å². The normalized spacial score (nSPS) is 13.7. The van der Waals surface area contributed by atoms with E-state index in [0.29, 0.717) is 11.4 Å². The van der Waals surface area contributed by atoms with Crippen molar-refractivity contribution >= 4 is 27.5 Å². The monoisotopic (exact) mass is 346 g/mol. The number of sulfonamides is 1. The molecule has 0 saturated carbocycles. The van der Waals surface area contributed by atoms with Crippen LogP contribution < -0.4 is 10.0 Å². The molecule has 0 spiro atoms. The third kappa shape index (κ3) is 6.34. The number of carbonyl (C=O) groups is 1. The van der Waals surface area contributed by atoms with Crippen molar-refractivity contribution in [2.75, 3.05) is 12.8 Å². The summed E-state index contributed by atoms with van der Waals surface area (Å²) in [4.78, 5) is 12.0. The summed E-state index contributed by atoms with van der Waals surface area (Å²) in [7, 11) is -2.28. The maximum Gasteiger partial charge on any atom is 0.236 e. The van der Waals surface area contributed by atoms with Gasteiger partial charge in [-0.3, -0.25) is 4.79 Å². The zero-order valence-corrected chi connectivity index (χ0v) is 14.9. The highest BCUT2D eigenvalue weighted by Crippen LogP contribution is 2.23. The fourth-order valence-electron chi connectivity index (χ4n) is 1.91. The minimum absolute atomic E-state index is 0.187. The van der Waals surface area contributed by atoms with E-state index in [1.54, 1.807) is 12.1 Å². The zero-order chi connectivity index (χ0) is 17.0. The van der Waals surface area contributed by atoms with E-state index in [1.807, 2.05) is 32.9 Å². The Balaban J connectivity index is 2.82. The summed E-state index contributed by atoms with van der Waals surface area (Å²) in [6.07, 6.45) is 0.603. The Morgan fingerprint density at radius 1 is 1.23 bits per heavy atom. The smallest absolute Gasteiger partial charge is 0.236 e. The van der Waals surface area contributed by atoms with Crippen molar-refractivity contribution in [3.63, 3.8) is 0 Å². The average Bonchev–Trinajstić information content (AvgIpc) is 2.39. The lowest BCUT2D eigenvalue weighted by Crippen LogP contribution is -2.47. The second-order valence-electron chi connectivity index (χ2n) is 6.28. The lowest BCUT2D eigenvalue weighted by molar-refractivity contribution is -0.120. The van der Waals surface area contributed by atoms with Crippen LogP contribution >= 0.6 is 11.6 Å². The van der Waals surface area contributed by atoms with Gasteiger partial charge < -0.3 is 5.32 Å². The van der Waals surface area contributed by atoms with Crippen LogP contribution in [0.25, 0.3) is 0 Å². The SMILES string of the molecule is CNS(=O)(=O)CC(=O)N[C@@H](Cc1ccc(Cl)cc1)C(C)(C)C. The molecule has 0 unspecified atom stereocenters. The summed E-state index contributed by atoms with van der Waals surface area (Å²) in [5, 5.41) is 3.47. The quantitative estimate of drug-likeness (QED) is 0.826. The first-order valence-electron chi connectivity index (χ1n) is 6.98. The average molecular weight is 347 g/mol. The van der Waals surface area contributed by atoms with Crippen molar-refractivity contribution < 1.29 is 13.2 Å². The molecule has 22 heavy (non-hydrogen) atoms. The lowest BCUT2D eigenvalue weighted by Gasteiger charge is -2.31. The Hall–Kier alpha value is -1.11. The van der Waals surface area contributed by atoms with Crippen LogP contribution in [0.5, 0.6) is 0 Å². The first-order chi connectivity index (χ1) is 10.0. The van der Waals surface area contributed by atoms with Crippen LogP contribution in [-0.4, -0.2) is 33.2 Å². The van der Waals surface area contributed by atoms with Crippen LogP contribution in [0.2, 0.25) is 5.02 Å². The Morgan fingerprint density at radius 3 is 2.23 bits per heavy atom. The van der Waals surface area contributed by atoms with E-state index >= 15 is 0 Å². The number of benzene rings is 1. The molecule has 1 atom stereocenters. The second-order valence-corrected chi connectivity index (χ2v) is 8.64. The fourth-order valence-corrected chi connectivity index (χ4v) is 2.61. The third-order valence-corrected chi connectivity index (χ3v) is 4.88. The van der Waals surface area contributed by atoms with Gasteiger partial charge in [-0.1, -0.05) is 44.5 Å². The van der Waals surface area contributed by atoms with Crippen molar-refractivity contribution in [2.45, 2.75) is 33.2 Å². The minimum Gasteiger partial charge on any atom is -0.352 e. The summed E-state index contributed by atoms with van der Waals surface area (Å²) in [5.74, 6) is -1.08. The summed E-state index contributed by atoms with van der Waals surface area (Å²) in [6.45, 7) is 6.00. The number of rotatable bonds is 6. The third-order valence-electron chi connectivity index (χ3n) is 3.37. The number of nitrogens with one attached hydrogen (secondary N) is 2. The number of carbonyl (C=O) groups excluding carboxylic acids is 1. The molecule has 2 N–H and O–H groups in total. The van der Waals surface area contributed by atoms with Gasteiger partial charge in [-0.15, -0.1) is 0 Å². The van der Waals surface area contributed by atoms with Crippen molar-refractivity contribution in [3.8, 4) is 0 Å². The maximum atomic E-state index is 12.0. The van der Waals surface area contributed by atoms with Gasteiger partial charge in [0.25, 0.3) is 0 Å². The molecule has 7 heteroatoms. The zero-order valence-electron chi connectivity index (χ0n) is 13.3. The number of hydrogen-bond acceptors (Lipinski definition) is 3. The Kier molecular flexibility index (Phi) is 6.40. The van der Waals surface area contributed by atoms with Crippen molar-refractivity contribution in [1.82, 2.24) is 10.0 Å². The molecule has 1 aromatic carbocycles. The van der Waals surface area contributed by atoms with E-state index in [2.05, 4.69) is 10.0 Å². The molecule has 5 nitrogen and oxygen atoms in total. The van der Waals surface area contributed by atoms with Gasteiger partial charge in [0.15, 0.2) is 0 Å². The molecule has 0 bridgehead atoms. The molecular formula is C15H23ClN2O3S. The van der Waals surface area contributed by atoms with Gasteiger partial charge in [0, 0.05) is 11.1 Å². The van der Waals surface area contributed by atoms with Gasteiger partial charge in [0.05, 0.1) is 0 Å². The van der Waals surface area contributed by atoms with Gasteiger partial charge in [-0.05, 0) is 36.6 Å². The van der Waals surface area contributed by atoms with Gasteiger partial charge in [-0.25, -0.2) is 13.1 Å². The highest BCUT2D eigenvalue weighted by molar-refractivity contribution is 7.90. The molecule has 0 saturated heterocycles. The van der Waals surface area contributed by atoms with Gasteiger partial charge in [0.1, 0.15) is 5.75 Å². The molecule has 1 aromatic rings. The molecule has 1 rings (SSSR count). The highest BCUT2D eigenvalue weighted by atomic mass is 35.5. The second kappa shape index (κ2) is 7.44. The highest BCUT2D eigenvalue weighted by Gasteiger charge is 2.27. The molecular weight excluding hydrogens is 324 g/mol. The van der Waals surface area contributed by atoms with E-state index in [-0.39, 0.29) is 11.5 Å². The van der Waals surface area contributed by atoms with Crippen molar-refractivity contribution in [2.24, 2.45) is 5.41 Å². The van der Waals surface area contributed by atoms with Crippen LogP contribution in [0.4, 0.5) is 0 Å². The number of amides is 1. The topological polar surface area (TPSA) is 75.3 Å². The van der Waals surface area contributed by atoms with E-state index in [9.17, 15) is 13.2 Å². The molecule has 0 fully saturated rings. The molecule has 0 aromatic heterocycles. The van der Waals surface area contributed by atoms with Crippen molar-refractivity contribution in [3.05, 3.63) is 34.9 Å². The summed E-state index contributed by atoms with van der Waals surface area (Å²) < 4.78 is 25.0. The molecule has 0 aliphatic carbocycles. The van der Waals surface area contributed by atoms with Gasteiger partial charge >= 0.3 is 0 Å². The fraction of sp³-hybridized carbons (Fsp3) is 0.533. The predicted molar refractivity (Wildman–Crippen MR) is 89.4 cm³/mol. The molecule has 0 radical (unpaired) electrons. The Labute approximate surface area is 137 Å². The first-order valence-corrected chi connectivity index (χ1v) is 9.01. The van der Waals surface area contributed by atoms with Crippen LogP contribution in [0, 0.1) is 5.41 Å². The molecule has 0 heterocycles. The van der Waals surface area contributed by atoms with Crippen LogP contribution in [-0.2, 0) is 21.2 Å². The first kappa shape index (κ1) is 18.9. The van der Waals surface area contributed by atoms with Crippen molar-refractivity contribution in [1.29, 1.82) is 0 Å². The van der Waals surface area contributed by atoms with E-state index < -0.39 is 21.7 Å². The largest absolute Gasteiger partial charge is 0.352 e. The summed E-state index contributed by atoms with van der Waals surface area (Å²) in [5.41, 5.74) is 0.819. The Morgan fingerprint density at radius 2 is 1.77 bits per heavy atom. The lowest BCUT2D eigenvalue weighted by atomic mass is 9.83. The Bertz CT molecular complexity index is 607. The molecule has 1 amide bonds. The number of hydrogen-bond donors (Lipinski definition) is 2. The van der Waals surface area contributed by atoms with Crippen LogP contribution in [0.1, 0.15) is 26.3 Å².